The van der Waals surface area contributed by atoms with Crippen LogP contribution in [0.1, 0.15) is 21.5 Å². The maximum atomic E-state index is 12.3. The van der Waals surface area contributed by atoms with E-state index in [1.807, 2.05) is 13.0 Å². The molecule has 0 atom stereocenters. The summed E-state index contributed by atoms with van der Waals surface area (Å²) in [5.74, 6) is 0.208. The van der Waals surface area contributed by atoms with Crippen molar-refractivity contribution in [2.45, 2.75) is 13.8 Å². The molecule has 0 fully saturated rings. The zero-order valence-corrected chi connectivity index (χ0v) is 12.5. The number of anilines is 1. The van der Waals surface area contributed by atoms with Gasteiger partial charge in [0.2, 0.25) is 0 Å². The number of nitrogens with one attached hydrogen (secondary N) is 1. The van der Waals surface area contributed by atoms with Gasteiger partial charge in [0, 0.05) is 17.2 Å². The summed E-state index contributed by atoms with van der Waals surface area (Å²) in [4.78, 5) is 22.6. The molecule has 22 heavy (non-hydrogen) atoms. The minimum atomic E-state index is -0.472. The first kappa shape index (κ1) is 15.5. The largest absolute Gasteiger partial charge is 0.495 e. The fourth-order valence-corrected chi connectivity index (χ4v) is 2.12. The number of rotatable bonds is 4. The minimum Gasteiger partial charge on any atom is -0.495 e. The second-order valence-corrected chi connectivity index (χ2v) is 4.92. The molecule has 0 radical (unpaired) electrons. The molecular weight excluding hydrogens is 284 g/mol. The molecule has 0 aliphatic rings. The second-order valence-electron chi connectivity index (χ2n) is 4.92. The maximum Gasteiger partial charge on any atom is 0.272 e. The number of nitrogens with zero attached hydrogens (tertiary/aromatic N) is 1. The molecule has 0 unspecified atom stereocenters. The lowest BCUT2D eigenvalue weighted by molar-refractivity contribution is -0.385. The van der Waals surface area contributed by atoms with Gasteiger partial charge >= 0.3 is 0 Å². The molecule has 0 saturated carbocycles. The van der Waals surface area contributed by atoms with E-state index in [0.717, 1.165) is 5.56 Å². The Bertz CT molecular complexity index is 741. The second kappa shape index (κ2) is 6.26. The van der Waals surface area contributed by atoms with Gasteiger partial charge in [-0.25, -0.2) is 0 Å². The van der Waals surface area contributed by atoms with Crippen molar-refractivity contribution in [2.75, 3.05) is 12.4 Å². The highest BCUT2D eigenvalue weighted by Gasteiger charge is 2.15. The quantitative estimate of drug-likeness (QED) is 0.692. The Balaban J connectivity index is 2.28. The number of nitro benzene ring substituents is 1. The Hall–Kier alpha value is -2.89. The summed E-state index contributed by atoms with van der Waals surface area (Å²) in [5, 5.41) is 13.6. The minimum absolute atomic E-state index is 0.00955. The van der Waals surface area contributed by atoms with E-state index >= 15 is 0 Å². The molecule has 0 aliphatic carbocycles. The first-order valence-corrected chi connectivity index (χ1v) is 6.63. The molecule has 0 spiro atoms. The summed E-state index contributed by atoms with van der Waals surface area (Å²) in [6.45, 7) is 3.51. The van der Waals surface area contributed by atoms with E-state index in [9.17, 15) is 14.9 Å². The fourth-order valence-electron chi connectivity index (χ4n) is 2.12. The maximum absolute atomic E-state index is 12.3. The van der Waals surface area contributed by atoms with Crippen molar-refractivity contribution in [3.63, 3.8) is 0 Å². The Morgan fingerprint density at radius 2 is 1.91 bits per heavy atom. The van der Waals surface area contributed by atoms with Crippen molar-refractivity contribution < 1.29 is 14.5 Å². The molecule has 6 nitrogen and oxygen atoms in total. The Morgan fingerprint density at radius 1 is 1.18 bits per heavy atom. The van der Waals surface area contributed by atoms with Gasteiger partial charge in [-0.05, 0) is 43.7 Å². The van der Waals surface area contributed by atoms with Crippen molar-refractivity contribution in [1.82, 2.24) is 0 Å². The zero-order valence-electron chi connectivity index (χ0n) is 12.5. The molecule has 0 aliphatic heterocycles. The monoisotopic (exact) mass is 300 g/mol. The van der Waals surface area contributed by atoms with Gasteiger partial charge in [0.05, 0.1) is 17.7 Å². The predicted octanol–water partition coefficient (Wildman–Crippen LogP) is 3.47. The van der Waals surface area contributed by atoms with Gasteiger partial charge in [0.15, 0.2) is 0 Å². The number of benzene rings is 2. The number of amides is 1. The summed E-state index contributed by atoms with van der Waals surface area (Å²) in [7, 11) is 1.52. The average Bonchev–Trinajstić information content (AvgIpc) is 2.47. The lowest BCUT2D eigenvalue weighted by Crippen LogP contribution is -2.13. The highest BCUT2D eigenvalue weighted by molar-refractivity contribution is 6.05. The number of aryl methyl sites for hydroxylation is 2. The van der Waals surface area contributed by atoms with Crippen molar-refractivity contribution >= 4 is 17.3 Å². The van der Waals surface area contributed by atoms with E-state index in [-0.39, 0.29) is 11.6 Å². The summed E-state index contributed by atoms with van der Waals surface area (Å²) in [6.07, 6.45) is 0. The topological polar surface area (TPSA) is 81.5 Å². The molecule has 2 rings (SSSR count). The SMILES string of the molecule is COc1ccc(C)cc1NC(=O)c1ccc([N+](=O)[O-])c(C)c1. The highest BCUT2D eigenvalue weighted by Crippen LogP contribution is 2.26. The van der Waals surface area contributed by atoms with E-state index in [1.165, 1.54) is 25.3 Å². The van der Waals surface area contributed by atoms with Gasteiger partial charge in [-0.1, -0.05) is 6.07 Å². The number of ether oxygens (including phenoxy) is 1. The molecule has 1 N–H and O–H groups in total. The Morgan fingerprint density at radius 3 is 2.50 bits per heavy atom. The molecule has 1 amide bonds. The number of hydrogen-bond acceptors (Lipinski definition) is 4. The smallest absolute Gasteiger partial charge is 0.272 e. The summed E-state index contributed by atoms with van der Waals surface area (Å²) in [5.41, 5.74) is 2.32. The Kier molecular flexibility index (Phi) is 4.41. The van der Waals surface area contributed by atoms with Crippen LogP contribution in [0.25, 0.3) is 0 Å². The molecule has 0 heterocycles. The van der Waals surface area contributed by atoms with E-state index in [2.05, 4.69) is 5.32 Å². The predicted molar refractivity (Wildman–Crippen MR) is 83.5 cm³/mol. The zero-order chi connectivity index (χ0) is 16.3. The number of carbonyl (C=O) groups is 1. The number of hydrogen-bond donors (Lipinski definition) is 1. The fraction of sp³-hybridized carbons (Fsp3) is 0.188. The molecule has 0 aromatic heterocycles. The average molecular weight is 300 g/mol. The van der Waals surface area contributed by atoms with Gasteiger partial charge in [0.1, 0.15) is 5.75 Å². The first-order chi connectivity index (χ1) is 10.4. The van der Waals surface area contributed by atoms with Crippen LogP contribution in [0.2, 0.25) is 0 Å². The van der Waals surface area contributed by atoms with Gasteiger partial charge in [-0.15, -0.1) is 0 Å². The lowest BCUT2D eigenvalue weighted by atomic mass is 10.1. The first-order valence-electron chi connectivity index (χ1n) is 6.63. The van der Waals surface area contributed by atoms with Crippen LogP contribution in [-0.4, -0.2) is 17.9 Å². The van der Waals surface area contributed by atoms with Crippen LogP contribution in [0.15, 0.2) is 36.4 Å². The summed E-state index contributed by atoms with van der Waals surface area (Å²) >= 11 is 0. The van der Waals surface area contributed by atoms with Gasteiger partial charge in [0.25, 0.3) is 11.6 Å². The van der Waals surface area contributed by atoms with Gasteiger partial charge in [-0.2, -0.15) is 0 Å². The van der Waals surface area contributed by atoms with Crippen LogP contribution in [0.4, 0.5) is 11.4 Å². The molecule has 2 aromatic carbocycles. The third kappa shape index (κ3) is 3.22. The van der Waals surface area contributed by atoms with Crippen LogP contribution in [0, 0.1) is 24.0 Å². The summed E-state index contributed by atoms with van der Waals surface area (Å²) in [6, 6.07) is 9.71. The van der Waals surface area contributed by atoms with Crippen LogP contribution in [0.3, 0.4) is 0 Å². The molecule has 6 heteroatoms. The van der Waals surface area contributed by atoms with Gasteiger partial charge < -0.3 is 10.1 Å². The molecule has 0 saturated heterocycles. The van der Waals surface area contributed by atoms with Crippen LogP contribution < -0.4 is 10.1 Å². The molecule has 2 aromatic rings. The van der Waals surface area contributed by atoms with Crippen molar-refractivity contribution in [1.29, 1.82) is 0 Å². The number of nitro groups is 1. The van der Waals surface area contributed by atoms with E-state index in [4.69, 9.17) is 4.74 Å². The third-order valence-electron chi connectivity index (χ3n) is 3.26. The Labute approximate surface area is 127 Å². The van der Waals surface area contributed by atoms with Crippen molar-refractivity contribution in [3.8, 4) is 5.75 Å². The van der Waals surface area contributed by atoms with Crippen molar-refractivity contribution in [3.05, 3.63) is 63.2 Å². The highest BCUT2D eigenvalue weighted by atomic mass is 16.6. The van der Waals surface area contributed by atoms with Crippen LogP contribution in [-0.2, 0) is 0 Å². The molecule has 0 bridgehead atoms. The third-order valence-corrected chi connectivity index (χ3v) is 3.26. The summed E-state index contributed by atoms with van der Waals surface area (Å²) < 4.78 is 5.21. The normalized spacial score (nSPS) is 10.1. The van der Waals surface area contributed by atoms with E-state index in [0.29, 0.717) is 22.6 Å². The van der Waals surface area contributed by atoms with E-state index < -0.39 is 4.92 Å². The standard InChI is InChI=1S/C16H16N2O4/c1-10-4-7-15(22-3)13(8-10)17-16(19)12-5-6-14(18(20)21)11(2)9-12/h4-9H,1-3H3,(H,17,19). The van der Waals surface area contributed by atoms with Crippen LogP contribution >= 0.6 is 0 Å². The number of methoxy groups -OCH3 is 1. The number of carbonyl (C=O) groups excluding carboxylic acids is 1. The molecule has 114 valence electrons. The van der Waals surface area contributed by atoms with Gasteiger partial charge in [-0.3, -0.25) is 14.9 Å². The van der Waals surface area contributed by atoms with Crippen LogP contribution in [0.5, 0.6) is 5.75 Å². The molecular formula is C16H16N2O4. The van der Waals surface area contributed by atoms with E-state index in [1.54, 1.807) is 19.1 Å². The van der Waals surface area contributed by atoms with Crippen molar-refractivity contribution in [2.24, 2.45) is 0 Å². The lowest BCUT2D eigenvalue weighted by Gasteiger charge is -2.11.